The van der Waals surface area contributed by atoms with Crippen molar-refractivity contribution >= 4 is 40.3 Å². The number of benzene rings is 2. The lowest BCUT2D eigenvalue weighted by molar-refractivity contribution is 0.0527. The van der Waals surface area contributed by atoms with Crippen LogP contribution in [0.25, 0.3) is 33.5 Å². The van der Waals surface area contributed by atoms with Crippen molar-refractivity contribution in [2.45, 2.75) is 85.0 Å². The van der Waals surface area contributed by atoms with Crippen LogP contribution < -0.4 is 4.90 Å². The zero-order valence-electron chi connectivity index (χ0n) is 27.8. The van der Waals surface area contributed by atoms with Gasteiger partial charge in [0.25, 0.3) is 0 Å². The number of para-hydroxylation sites is 1. The molecule has 0 fully saturated rings. The van der Waals surface area contributed by atoms with Gasteiger partial charge in [-0.1, -0.05) is 36.9 Å². The van der Waals surface area contributed by atoms with Crippen molar-refractivity contribution < 1.29 is 23.5 Å². The number of allylic oxidation sites excluding steroid dienone is 1. The minimum Gasteiger partial charge on any atom is -0.443 e. The lowest BCUT2D eigenvalue weighted by atomic mass is 9.90. The van der Waals surface area contributed by atoms with Crippen LogP contribution in [0.4, 0.5) is 19.9 Å². The predicted molar refractivity (Wildman–Crippen MR) is 179 cm³/mol. The van der Waals surface area contributed by atoms with Gasteiger partial charge in [0.05, 0.1) is 11.7 Å². The first kappa shape index (κ1) is 31.9. The summed E-state index contributed by atoms with van der Waals surface area (Å²) in [6.45, 7) is 16.9. The van der Waals surface area contributed by atoms with Gasteiger partial charge in [-0.05, 0) is 97.1 Å². The molecule has 3 aromatic heterocycles. The summed E-state index contributed by atoms with van der Waals surface area (Å²) < 4.78 is 29.3. The Balaban J connectivity index is 1.53. The van der Waals surface area contributed by atoms with Gasteiger partial charge in [-0.25, -0.2) is 28.4 Å². The number of rotatable bonds is 4. The first-order valence-corrected chi connectivity index (χ1v) is 15.7. The number of amides is 1. The van der Waals surface area contributed by atoms with E-state index in [-0.39, 0.29) is 11.8 Å². The van der Waals surface area contributed by atoms with Gasteiger partial charge in [0.1, 0.15) is 17.0 Å². The average Bonchev–Trinajstić information content (AvgIpc) is 3.55. The Hall–Kier alpha value is -5.06. The number of carbonyl (C=O) groups excluding carboxylic acids is 2. The molecule has 1 aliphatic carbocycles. The SMILES string of the molecule is C=C(C)c1cnn2c(N(C(=O)OC(C)(C)C)[C@@H]3CCc4c(c5ccccc5n4C(=O)OC(C)(C)C)C3)nc(-c3cccc(F)c3)nc12. The van der Waals surface area contributed by atoms with Gasteiger partial charge < -0.3 is 9.47 Å². The first-order chi connectivity index (χ1) is 22.1. The highest BCUT2D eigenvalue weighted by molar-refractivity contribution is 5.95. The number of halogens is 1. The molecule has 1 atom stereocenters. The molecule has 0 spiro atoms. The fourth-order valence-corrected chi connectivity index (χ4v) is 6.01. The molecular weight excluding hydrogens is 599 g/mol. The molecular formula is C36H39FN6O4. The van der Waals surface area contributed by atoms with E-state index in [0.717, 1.165) is 27.7 Å². The van der Waals surface area contributed by atoms with Gasteiger partial charge >= 0.3 is 12.2 Å². The molecule has 0 saturated carbocycles. The molecule has 2 aromatic carbocycles. The minimum atomic E-state index is -0.813. The van der Waals surface area contributed by atoms with Gasteiger partial charge in [0.15, 0.2) is 11.5 Å². The summed E-state index contributed by atoms with van der Waals surface area (Å²) in [6.07, 6.45) is 1.94. The number of hydrogen-bond acceptors (Lipinski definition) is 7. The number of aromatic nitrogens is 5. The molecule has 3 heterocycles. The number of anilines is 1. The molecule has 0 N–H and O–H groups in total. The molecule has 0 unspecified atom stereocenters. The highest BCUT2D eigenvalue weighted by Crippen LogP contribution is 2.37. The van der Waals surface area contributed by atoms with Gasteiger partial charge in [0, 0.05) is 28.2 Å². The Kier molecular flexibility index (Phi) is 7.89. The standard InChI is InChI=1S/C36H39FN6O4/c1-21(2)27-20-38-43-31(27)39-30(22-12-11-13-23(37)18-22)40-32(43)41(33(44)46-35(3,4)5)24-16-17-29-26(19-24)25-14-9-10-15-28(25)42(29)34(45)47-36(6,7)8/h9-15,18,20,24H,1,16-17,19H2,2-8H3/t24-/m1/s1. The maximum absolute atomic E-state index is 14.4. The van der Waals surface area contributed by atoms with Gasteiger partial charge in [-0.3, -0.25) is 0 Å². The molecule has 47 heavy (non-hydrogen) atoms. The Labute approximate surface area is 272 Å². The molecule has 0 aliphatic heterocycles. The van der Waals surface area contributed by atoms with Crippen molar-refractivity contribution in [1.29, 1.82) is 0 Å². The van der Waals surface area contributed by atoms with Crippen LogP contribution in [0.3, 0.4) is 0 Å². The molecule has 244 valence electrons. The zero-order chi connectivity index (χ0) is 33.8. The van der Waals surface area contributed by atoms with E-state index < -0.39 is 35.2 Å². The smallest absolute Gasteiger partial charge is 0.419 e. The van der Waals surface area contributed by atoms with Crippen LogP contribution in [-0.4, -0.2) is 53.6 Å². The number of carbonyl (C=O) groups is 2. The van der Waals surface area contributed by atoms with Crippen molar-refractivity contribution in [2.24, 2.45) is 0 Å². The number of fused-ring (bicyclic) bond motifs is 4. The maximum atomic E-state index is 14.4. The third-order valence-electron chi connectivity index (χ3n) is 7.88. The Morgan fingerprint density at radius 2 is 1.72 bits per heavy atom. The topological polar surface area (TPSA) is 104 Å². The lowest BCUT2D eigenvalue weighted by Crippen LogP contribution is -2.47. The van der Waals surface area contributed by atoms with E-state index in [1.807, 2.05) is 52.0 Å². The molecule has 0 radical (unpaired) electrons. The third kappa shape index (κ3) is 6.22. The van der Waals surface area contributed by atoms with E-state index in [1.54, 1.807) is 43.7 Å². The Morgan fingerprint density at radius 3 is 2.40 bits per heavy atom. The number of ether oxygens (including phenoxy) is 2. The third-order valence-corrected chi connectivity index (χ3v) is 7.88. The summed E-state index contributed by atoms with van der Waals surface area (Å²) in [6, 6.07) is 13.3. The van der Waals surface area contributed by atoms with E-state index in [2.05, 4.69) is 11.7 Å². The molecule has 0 saturated heterocycles. The van der Waals surface area contributed by atoms with Crippen LogP contribution in [-0.2, 0) is 22.3 Å². The molecule has 11 heteroatoms. The summed E-state index contributed by atoms with van der Waals surface area (Å²) >= 11 is 0. The van der Waals surface area contributed by atoms with Crippen molar-refractivity contribution in [3.63, 3.8) is 0 Å². The quantitative estimate of drug-likeness (QED) is 0.196. The van der Waals surface area contributed by atoms with Crippen LogP contribution >= 0.6 is 0 Å². The van der Waals surface area contributed by atoms with E-state index in [4.69, 9.17) is 19.4 Å². The maximum Gasteiger partial charge on any atom is 0.419 e. The van der Waals surface area contributed by atoms with Gasteiger partial charge in [-0.15, -0.1) is 0 Å². The summed E-state index contributed by atoms with van der Waals surface area (Å²) in [4.78, 5) is 38.9. The van der Waals surface area contributed by atoms with Crippen molar-refractivity contribution in [1.82, 2.24) is 24.1 Å². The normalized spacial score (nSPS) is 15.0. The fourth-order valence-electron chi connectivity index (χ4n) is 6.01. The summed E-state index contributed by atoms with van der Waals surface area (Å²) in [7, 11) is 0. The Bertz CT molecular complexity index is 2050. The van der Waals surface area contributed by atoms with Crippen LogP contribution in [0.2, 0.25) is 0 Å². The fraction of sp³-hybridized carbons (Fsp3) is 0.361. The molecule has 6 rings (SSSR count). The van der Waals surface area contributed by atoms with Crippen LogP contribution in [0.5, 0.6) is 0 Å². The minimum absolute atomic E-state index is 0.181. The van der Waals surface area contributed by atoms with Crippen molar-refractivity contribution in [3.8, 4) is 11.4 Å². The second-order valence-electron chi connectivity index (χ2n) is 13.9. The summed E-state index contributed by atoms with van der Waals surface area (Å²) in [5.41, 5.74) is 3.29. The lowest BCUT2D eigenvalue weighted by Gasteiger charge is -2.35. The molecule has 10 nitrogen and oxygen atoms in total. The van der Waals surface area contributed by atoms with Crippen molar-refractivity contribution in [3.05, 3.63) is 83.9 Å². The van der Waals surface area contributed by atoms with Gasteiger partial charge in [-0.2, -0.15) is 14.6 Å². The van der Waals surface area contributed by atoms with Gasteiger partial charge in [0.2, 0.25) is 5.95 Å². The number of hydrogen-bond donors (Lipinski definition) is 0. The van der Waals surface area contributed by atoms with Crippen LogP contribution in [0, 0.1) is 5.82 Å². The second kappa shape index (κ2) is 11.6. The average molecular weight is 639 g/mol. The first-order valence-electron chi connectivity index (χ1n) is 15.7. The molecule has 1 amide bonds. The predicted octanol–water partition coefficient (Wildman–Crippen LogP) is 8.00. The highest BCUT2D eigenvalue weighted by atomic mass is 19.1. The monoisotopic (exact) mass is 638 g/mol. The van der Waals surface area contributed by atoms with E-state index in [0.29, 0.717) is 36.0 Å². The van der Waals surface area contributed by atoms with E-state index in [1.165, 1.54) is 21.5 Å². The number of nitrogens with zero attached hydrogens (tertiary/aromatic N) is 6. The van der Waals surface area contributed by atoms with E-state index in [9.17, 15) is 14.0 Å². The molecule has 0 bridgehead atoms. The highest BCUT2D eigenvalue weighted by Gasteiger charge is 2.38. The molecule has 5 aromatic rings. The van der Waals surface area contributed by atoms with Crippen molar-refractivity contribution in [2.75, 3.05) is 4.90 Å². The van der Waals surface area contributed by atoms with E-state index >= 15 is 0 Å². The molecule has 1 aliphatic rings. The Morgan fingerprint density at radius 1 is 1.00 bits per heavy atom. The van der Waals surface area contributed by atoms with Crippen LogP contribution in [0.15, 0.2) is 61.3 Å². The second-order valence-corrected chi connectivity index (χ2v) is 13.9. The zero-order valence-corrected chi connectivity index (χ0v) is 27.8. The van der Waals surface area contributed by atoms with Crippen LogP contribution in [0.1, 0.15) is 71.7 Å². The summed E-state index contributed by atoms with van der Waals surface area (Å²) in [5, 5.41) is 5.49. The largest absolute Gasteiger partial charge is 0.443 e. The summed E-state index contributed by atoms with van der Waals surface area (Å²) in [5.74, 6) is -0.0340.